The maximum atomic E-state index is 13.9. The van der Waals surface area contributed by atoms with Gasteiger partial charge in [-0.15, -0.1) is 0 Å². The number of nitrogens with zero attached hydrogens (tertiary/aromatic N) is 5. The van der Waals surface area contributed by atoms with Crippen molar-refractivity contribution in [3.8, 4) is 11.6 Å². The highest BCUT2D eigenvalue weighted by Gasteiger charge is 2.33. The third-order valence-corrected chi connectivity index (χ3v) is 8.17. The first kappa shape index (κ1) is 28.9. The molecule has 2 saturated heterocycles. The summed E-state index contributed by atoms with van der Waals surface area (Å²) >= 11 is 0. The van der Waals surface area contributed by atoms with E-state index in [1.165, 1.54) is 6.07 Å². The van der Waals surface area contributed by atoms with E-state index in [2.05, 4.69) is 33.3 Å². The zero-order valence-electron chi connectivity index (χ0n) is 24.0. The zero-order valence-corrected chi connectivity index (χ0v) is 24.0. The van der Waals surface area contributed by atoms with E-state index in [1.807, 2.05) is 0 Å². The van der Waals surface area contributed by atoms with Crippen LogP contribution in [-0.2, 0) is 17.9 Å². The van der Waals surface area contributed by atoms with Crippen LogP contribution in [0.2, 0.25) is 0 Å². The molecule has 0 aliphatic carbocycles. The molecule has 10 nitrogen and oxygen atoms in total. The minimum atomic E-state index is -0.968. The number of imidazole rings is 1. The van der Waals surface area contributed by atoms with E-state index in [0.29, 0.717) is 18.2 Å². The average Bonchev–Trinajstić information content (AvgIpc) is 3.32. The van der Waals surface area contributed by atoms with Gasteiger partial charge in [0.1, 0.15) is 24.4 Å². The largest absolute Gasteiger partial charge is 0.483 e. The molecular formula is C31H33F2N5O5. The smallest absolute Gasteiger partial charge is 0.335 e. The summed E-state index contributed by atoms with van der Waals surface area (Å²) in [6.45, 7) is 6.33. The monoisotopic (exact) mass is 593 g/mol. The second kappa shape index (κ2) is 12.2. The molecule has 0 radical (unpaired) electrons. The molecule has 0 spiro atoms. The summed E-state index contributed by atoms with van der Waals surface area (Å²) in [6.07, 6.45) is 4.07. The molecule has 4 atom stereocenters. The minimum Gasteiger partial charge on any atom is -0.483 e. The number of hydrogen-bond donors (Lipinski definition) is 1. The Hall–Kier alpha value is -4.16. The quantitative estimate of drug-likeness (QED) is 0.266. The highest BCUT2D eigenvalue weighted by Crippen LogP contribution is 2.33. The van der Waals surface area contributed by atoms with E-state index in [1.54, 1.807) is 30.5 Å². The number of likely N-dealkylation sites (tertiary alicyclic amines) is 1. The molecule has 4 aromatic rings. The van der Waals surface area contributed by atoms with Crippen LogP contribution in [0.4, 0.5) is 8.78 Å². The van der Waals surface area contributed by atoms with Gasteiger partial charge in [0, 0.05) is 37.5 Å². The Morgan fingerprint density at radius 1 is 1.16 bits per heavy atom. The Morgan fingerprint density at radius 3 is 2.72 bits per heavy atom. The van der Waals surface area contributed by atoms with Crippen molar-refractivity contribution in [2.75, 3.05) is 13.2 Å². The molecule has 6 rings (SSSR count). The first-order valence-corrected chi connectivity index (χ1v) is 14.4. The Kier molecular flexibility index (Phi) is 8.22. The molecule has 0 amide bonds. The normalized spacial score (nSPS) is 21.3. The molecule has 12 heteroatoms. The SMILES string of the molecule is CC(c1nc2ccc(C(=O)O)cc2n1C[C@@H]1CCO1)N1CC[C@H](Oc2ccnc(COc3ccc(F)cc3F)n2)C[C@@H]1C. The lowest BCUT2D eigenvalue weighted by Gasteiger charge is -2.41. The zero-order chi connectivity index (χ0) is 30.1. The van der Waals surface area contributed by atoms with E-state index >= 15 is 0 Å². The Morgan fingerprint density at radius 2 is 2.00 bits per heavy atom. The van der Waals surface area contributed by atoms with Crippen LogP contribution in [0.1, 0.15) is 61.2 Å². The van der Waals surface area contributed by atoms with Crippen molar-refractivity contribution < 1.29 is 32.9 Å². The van der Waals surface area contributed by atoms with Gasteiger partial charge < -0.3 is 23.9 Å². The van der Waals surface area contributed by atoms with Crippen molar-refractivity contribution in [3.63, 3.8) is 0 Å². The molecular weight excluding hydrogens is 560 g/mol. The second-order valence-corrected chi connectivity index (χ2v) is 11.1. The topological polar surface area (TPSA) is 112 Å². The number of carbonyl (C=O) groups is 1. The number of carboxylic acids is 1. The van der Waals surface area contributed by atoms with Gasteiger partial charge in [-0.3, -0.25) is 4.90 Å². The number of halogens is 2. The summed E-state index contributed by atoms with van der Waals surface area (Å²) in [6, 6.07) is 10.00. The fourth-order valence-electron chi connectivity index (χ4n) is 5.82. The Bertz CT molecular complexity index is 1630. The predicted octanol–water partition coefficient (Wildman–Crippen LogP) is 5.16. The van der Waals surface area contributed by atoms with Gasteiger partial charge in [0.05, 0.1) is 35.3 Å². The summed E-state index contributed by atoms with van der Waals surface area (Å²) < 4.78 is 46.6. The number of hydrogen-bond acceptors (Lipinski definition) is 8. The van der Waals surface area contributed by atoms with Crippen LogP contribution in [0.3, 0.4) is 0 Å². The molecule has 0 saturated carbocycles. The van der Waals surface area contributed by atoms with Gasteiger partial charge in [-0.1, -0.05) is 0 Å². The Labute approximate surface area is 247 Å². The number of aromatic nitrogens is 4. The standard InChI is InChI=1S/C31H33F2N5O5/c1-18-13-22(43-29-7-10-34-28(36-29)17-42-27-6-4-21(32)15-24(27)33)8-11-37(18)19(2)30-35-25-5-3-20(31(39)40)14-26(25)38(30)16-23-9-12-41-23/h3-7,10,14-15,18-19,22-23H,8-9,11-13,16-17H2,1-2H3,(H,39,40)/t18-,19?,22-,23-/m0/s1. The Balaban J connectivity index is 1.12. The van der Waals surface area contributed by atoms with Crippen LogP contribution in [0.15, 0.2) is 48.7 Å². The summed E-state index contributed by atoms with van der Waals surface area (Å²) in [5, 5.41) is 9.55. The molecule has 2 aromatic carbocycles. The number of benzene rings is 2. The maximum Gasteiger partial charge on any atom is 0.335 e. The lowest BCUT2D eigenvalue weighted by molar-refractivity contribution is -0.0596. The molecule has 0 bridgehead atoms. The highest BCUT2D eigenvalue weighted by molar-refractivity contribution is 5.92. The van der Waals surface area contributed by atoms with Gasteiger partial charge >= 0.3 is 5.97 Å². The van der Waals surface area contributed by atoms with Crippen molar-refractivity contribution in [3.05, 3.63) is 77.5 Å². The van der Waals surface area contributed by atoms with E-state index in [9.17, 15) is 18.7 Å². The average molecular weight is 594 g/mol. The van der Waals surface area contributed by atoms with Gasteiger partial charge in [0.2, 0.25) is 5.88 Å². The third-order valence-electron chi connectivity index (χ3n) is 8.17. The van der Waals surface area contributed by atoms with Crippen molar-refractivity contribution >= 4 is 17.0 Å². The van der Waals surface area contributed by atoms with Gasteiger partial charge in [-0.2, -0.15) is 4.98 Å². The minimum absolute atomic E-state index is 0.0219. The van der Waals surface area contributed by atoms with Gasteiger partial charge in [-0.25, -0.2) is 23.5 Å². The van der Waals surface area contributed by atoms with Crippen LogP contribution in [0, 0.1) is 11.6 Å². The van der Waals surface area contributed by atoms with Crippen molar-refractivity contribution in [2.24, 2.45) is 0 Å². The second-order valence-electron chi connectivity index (χ2n) is 11.1. The molecule has 1 N–H and O–H groups in total. The molecule has 43 heavy (non-hydrogen) atoms. The molecule has 2 aliphatic rings. The number of ether oxygens (including phenoxy) is 3. The first-order chi connectivity index (χ1) is 20.7. The number of rotatable bonds is 10. The van der Waals surface area contributed by atoms with Crippen LogP contribution in [0.5, 0.6) is 11.6 Å². The van der Waals surface area contributed by atoms with Gasteiger partial charge in [0.25, 0.3) is 0 Å². The molecule has 4 heterocycles. The molecule has 2 aliphatic heterocycles. The van der Waals surface area contributed by atoms with Crippen molar-refractivity contribution in [1.29, 1.82) is 0 Å². The van der Waals surface area contributed by atoms with E-state index in [0.717, 1.165) is 61.4 Å². The highest BCUT2D eigenvalue weighted by atomic mass is 19.1. The number of piperidine rings is 1. The van der Waals surface area contributed by atoms with Gasteiger partial charge in [0.15, 0.2) is 17.4 Å². The van der Waals surface area contributed by atoms with E-state index in [-0.39, 0.29) is 42.2 Å². The molecule has 2 aromatic heterocycles. The van der Waals surface area contributed by atoms with E-state index < -0.39 is 17.6 Å². The predicted molar refractivity (Wildman–Crippen MR) is 152 cm³/mol. The van der Waals surface area contributed by atoms with Gasteiger partial charge in [-0.05, 0) is 63.4 Å². The lowest BCUT2D eigenvalue weighted by Crippen LogP contribution is -2.46. The fraction of sp³-hybridized carbons (Fsp3) is 0.419. The summed E-state index contributed by atoms with van der Waals surface area (Å²) in [5.74, 6) is -0.907. The maximum absolute atomic E-state index is 13.9. The lowest BCUT2D eigenvalue weighted by atomic mass is 9.98. The summed E-state index contributed by atoms with van der Waals surface area (Å²) in [5.41, 5.74) is 1.80. The summed E-state index contributed by atoms with van der Waals surface area (Å²) in [7, 11) is 0. The van der Waals surface area contributed by atoms with E-state index in [4.69, 9.17) is 19.2 Å². The molecule has 226 valence electrons. The van der Waals surface area contributed by atoms with Crippen molar-refractivity contribution in [1.82, 2.24) is 24.4 Å². The fourth-order valence-corrected chi connectivity index (χ4v) is 5.82. The number of fused-ring (bicyclic) bond motifs is 1. The van der Waals surface area contributed by atoms with Crippen LogP contribution in [-0.4, -0.2) is 66.9 Å². The number of carboxylic acid groups (broad SMARTS) is 1. The van der Waals surface area contributed by atoms with Crippen LogP contribution in [0.25, 0.3) is 11.0 Å². The molecule has 2 fully saturated rings. The third kappa shape index (κ3) is 6.30. The van der Waals surface area contributed by atoms with Crippen LogP contribution < -0.4 is 9.47 Å². The number of aromatic carboxylic acids is 1. The van der Waals surface area contributed by atoms with Crippen LogP contribution >= 0.6 is 0 Å². The summed E-state index contributed by atoms with van der Waals surface area (Å²) in [4.78, 5) is 27.6. The molecule has 1 unspecified atom stereocenters. The first-order valence-electron chi connectivity index (χ1n) is 14.4. The van der Waals surface area contributed by atoms with Crippen molar-refractivity contribution in [2.45, 2.75) is 70.6 Å².